The third-order valence-corrected chi connectivity index (χ3v) is 5.97. The normalized spacial score (nSPS) is 16.9. The summed E-state index contributed by atoms with van der Waals surface area (Å²) in [6.45, 7) is 0. The summed E-state index contributed by atoms with van der Waals surface area (Å²) in [5, 5.41) is 0.372. The smallest absolute Gasteiger partial charge is 0.0769 e. The Morgan fingerprint density at radius 2 is 1.54 bits per heavy atom. The molecular formula is C21H16BrNS. The van der Waals surface area contributed by atoms with Crippen LogP contribution in [0, 0.1) is 0 Å². The zero-order valence-corrected chi connectivity index (χ0v) is 15.4. The van der Waals surface area contributed by atoms with E-state index < -0.39 is 0 Å². The first-order valence-corrected chi connectivity index (χ1v) is 9.61. The number of hydrogen-bond donors (Lipinski definition) is 0. The number of benzene rings is 3. The van der Waals surface area contributed by atoms with E-state index in [-0.39, 0.29) is 0 Å². The molecule has 1 atom stereocenters. The number of para-hydroxylation sites is 1. The van der Waals surface area contributed by atoms with Gasteiger partial charge in [0.15, 0.2) is 0 Å². The van der Waals surface area contributed by atoms with Crippen LogP contribution < -0.4 is 0 Å². The Balaban J connectivity index is 1.80. The van der Waals surface area contributed by atoms with Gasteiger partial charge in [-0.05, 0) is 35.4 Å². The largest absolute Gasteiger partial charge is 0.252 e. The highest BCUT2D eigenvalue weighted by Gasteiger charge is 2.22. The summed E-state index contributed by atoms with van der Waals surface area (Å²) in [5.41, 5.74) is 4.76. The van der Waals surface area contributed by atoms with Crippen molar-refractivity contribution >= 4 is 39.1 Å². The SMILES string of the molecule is Brc1ccc(C2=Nc3ccccc3SC(c3ccccc3)C2)cc1. The lowest BCUT2D eigenvalue weighted by atomic mass is 10.0. The van der Waals surface area contributed by atoms with Crippen molar-refractivity contribution in [3.8, 4) is 0 Å². The first-order valence-electron chi connectivity index (χ1n) is 7.94. The number of aliphatic imine (C=N–C) groups is 1. The average Bonchev–Trinajstić information content (AvgIpc) is 2.83. The van der Waals surface area contributed by atoms with Crippen molar-refractivity contribution in [3.05, 3.63) is 94.5 Å². The van der Waals surface area contributed by atoms with Gasteiger partial charge in [0.25, 0.3) is 0 Å². The Morgan fingerprint density at radius 3 is 2.33 bits per heavy atom. The van der Waals surface area contributed by atoms with Gasteiger partial charge in [-0.3, -0.25) is 4.99 Å². The molecule has 3 aromatic rings. The second kappa shape index (κ2) is 6.96. The molecule has 118 valence electrons. The maximum atomic E-state index is 5.00. The third-order valence-electron chi connectivity index (χ3n) is 4.12. The van der Waals surface area contributed by atoms with E-state index in [4.69, 9.17) is 4.99 Å². The Kier molecular flexibility index (Phi) is 4.54. The molecule has 1 heterocycles. The van der Waals surface area contributed by atoms with E-state index >= 15 is 0 Å². The van der Waals surface area contributed by atoms with E-state index in [9.17, 15) is 0 Å². The van der Waals surface area contributed by atoms with E-state index in [2.05, 4.69) is 94.8 Å². The Bertz CT molecular complexity index is 872. The zero-order chi connectivity index (χ0) is 16.4. The molecule has 0 amide bonds. The summed E-state index contributed by atoms with van der Waals surface area (Å²) in [7, 11) is 0. The van der Waals surface area contributed by atoms with Crippen molar-refractivity contribution in [3.63, 3.8) is 0 Å². The molecule has 1 aliphatic rings. The van der Waals surface area contributed by atoms with Crippen LogP contribution in [0.5, 0.6) is 0 Å². The molecule has 1 aliphatic heterocycles. The molecule has 0 radical (unpaired) electrons. The van der Waals surface area contributed by atoms with Crippen LogP contribution in [0.15, 0.2) is 93.2 Å². The van der Waals surface area contributed by atoms with Crippen LogP contribution in [0.1, 0.15) is 22.8 Å². The second-order valence-corrected chi connectivity index (χ2v) is 7.91. The van der Waals surface area contributed by atoms with Crippen LogP contribution in [-0.4, -0.2) is 5.71 Å². The van der Waals surface area contributed by atoms with E-state index in [1.54, 1.807) is 0 Å². The van der Waals surface area contributed by atoms with Gasteiger partial charge in [0.05, 0.1) is 5.69 Å². The number of fused-ring (bicyclic) bond motifs is 1. The van der Waals surface area contributed by atoms with E-state index in [0.29, 0.717) is 5.25 Å². The van der Waals surface area contributed by atoms with Crippen LogP contribution in [0.4, 0.5) is 5.69 Å². The molecule has 0 fully saturated rings. The van der Waals surface area contributed by atoms with Crippen molar-refractivity contribution in [2.75, 3.05) is 0 Å². The number of nitrogens with zero attached hydrogens (tertiary/aromatic N) is 1. The molecule has 0 aromatic heterocycles. The molecule has 0 saturated carbocycles. The fourth-order valence-electron chi connectivity index (χ4n) is 2.89. The molecule has 24 heavy (non-hydrogen) atoms. The third kappa shape index (κ3) is 3.33. The van der Waals surface area contributed by atoms with Crippen molar-refractivity contribution in [2.45, 2.75) is 16.6 Å². The summed E-state index contributed by atoms with van der Waals surface area (Å²) in [6, 6.07) is 27.6. The van der Waals surface area contributed by atoms with Crippen LogP contribution >= 0.6 is 27.7 Å². The fraction of sp³-hybridized carbons (Fsp3) is 0.0952. The van der Waals surface area contributed by atoms with Gasteiger partial charge in [-0.15, -0.1) is 11.8 Å². The van der Waals surface area contributed by atoms with E-state index in [1.165, 1.54) is 16.0 Å². The maximum Gasteiger partial charge on any atom is 0.0769 e. The van der Waals surface area contributed by atoms with Crippen LogP contribution in [0.3, 0.4) is 0 Å². The number of hydrogen-bond acceptors (Lipinski definition) is 2. The molecule has 1 nitrogen and oxygen atoms in total. The predicted molar refractivity (Wildman–Crippen MR) is 106 cm³/mol. The molecule has 0 spiro atoms. The lowest BCUT2D eigenvalue weighted by Crippen LogP contribution is -2.05. The summed E-state index contributed by atoms with van der Waals surface area (Å²) < 4.78 is 1.09. The molecule has 3 aromatic carbocycles. The first-order chi connectivity index (χ1) is 11.8. The number of thioether (sulfide) groups is 1. The van der Waals surface area contributed by atoms with Gasteiger partial charge in [0, 0.05) is 26.8 Å². The van der Waals surface area contributed by atoms with Crippen LogP contribution in [0.25, 0.3) is 0 Å². The molecule has 0 bridgehead atoms. The molecular weight excluding hydrogens is 378 g/mol. The van der Waals surface area contributed by atoms with Crippen LogP contribution in [0.2, 0.25) is 0 Å². The summed E-state index contributed by atoms with van der Waals surface area (Å²) >= 11 is 5.42. The Morgan fingerprint density at radius 1 is 0.833 bits per heavy atom. The van der Waals surface area contributed by atoms with Gasteiger partial charge >= 0.3 is 0 Å². The summed E-state index contributed by atoms with van der Waals surface area (Å²) in [5.74, 6) is 0. The number of halogens is 1. The molecule has 0 N–H and O–H groups in total. The number of rotatable bonds is 2. The fourth-order valence-corrected chi connectivity index (χ4v) is 4.39. The molecule has 4 rings (SSSR count). The topological polar surface area (TPSA) is 12.4 Å². The first kappa shape index (κ1) is 15.7. The van der Waals surface area contributed by atoms with Gasteiger partial charge in [-0.2, -0.15) is 0 Å². The summed E-state index contributed by atoms with van der Waals surface area (Å²) in [4.78, 5) is 6.24. The van der Waals surface area contributed by atoms with Gasteiger partial charge in [0.2, 0.25) is 0 Å². The quantitative estimate of drug-likeness (QED) is 0.465. The van der Waals surface area contributed by atoms with Gasteiger partial charge in [0.1, 0.15) is 0 Å². The lowest BCUT2D eigenvalue weighted by molar-refractivity contribution is 1.01. The van der Waals surface area contributed by atoms with Gasteiger partial charge < -0.3 is 0 Å². The monoisotopic (exact) mass is 393 g/mol. The Hall–Kier alpha value is -1.84. The van der Waals surface area contributed by atoms with E-state index in [1.807, 2.05) is 11.8 Å². The van der Waals surface area contributed by atoms with Crippen molar-refractivity contribution in [2.24, 2.45) is 4.99 Å². The average molecular weight is 394 g/mol. The highest BCUT2D eigenvalue weighted by Crippen LogP contribution is 2.45. The van der Waals surface area contributed by atoms with Crippen molar-refractivity contribution in [1.82, 2.24) is 0 Å². The highest BCUT2D eigenvalue weighted by molar-refractivity contribution is 9.10. The minimum atomic E-state index is 0.372. The van der Waals surface area contributed by atoms with Crippen molar-refractivity contribution in [1.29, 1.82) is 0 Å². The van der Waals surface area contributed by atoms with Crippen molar-refractivity contribution < 1.29 is 0 Å². The standard InChI is InChI=1S/C21H16BrNS/c22-17-12-10-15(11-13-17)19-14-21(16-6-2-1-3-7-16)24-20-9-5-4-8-18(20)23-19/h1-13,21H,14H2. The predicted octanol–water partition coefficient (Wildman–Crippen LogP) is 6.81. The maximum absolute atomic E-state index is 5.00. The minimum absolute atomic E-state index is 0.372. The second-order valence-electron chi connectivity index (χ2n) is 5.75. The zero-order valence-electron chi connectivity index (χ0n) is 13.0. The van der Waals surface area contributed by atoms with Crippen LogP contribution in [-0.2, 0) is 0 Å². The van der Waals surface area contributed by atoms with Gasteiger partial charge in [-0.1, -0.05) is 70.5 Å². The minimum Gasteiger partial charge on any atom is -0.252 e. The lowest BCUT2D eigenvalue weighted by Gasteiger charge is -2.16. The van der Waals surface area contributed by atoms with E-state index in [0.717, 1.165) is 22.3 Å². The highest BCUT2D eigenvalue weighted by atomic mass is 79.9. The molecule has 0 aliphatic carbocycles. The summed E-state index contributed by atoms with van der Waals surface area (Å²) in [6.07, 6.45) is 0.922. The molecule has 1 unspecified atom stereocenters. The molecule has 0 saturated heterocycles. The molecule has 3 heteroatoms. The Labute approximate surface area is 155 Å². The van der Waals surface area contributed by atoms with Gasteiger partial charge in [-0.25, -0.2) is 0 Å².